The molecule has 9 nitrogen and oxygen atoms in total. The minimum atomic E-state index is 0.206. The zero-order valence-corrected chi connectivity index (χ0v) is 16.7. The number of nitrogens with zero attached hydrogens (tertiary/aromatic N) is 6. The third-order valence-corrected chi connectivity index (χ3v) is 4.27. The molecule has 0 saturated heterocycles. The monoisotopic (exact) mass is 403 g/mol. The van der Waals surface area contributed by atoms with Gasteiger partial charge >= 0.3 is 0 Å². The van der Waals surface area contributed by atoms with E-state index in [9.17, 15) is 0 Å². The Bertz CT molecular complexity index is 1130. The summed E-state index contributed by atoms with van der Waals surface area (Å²) >= 11 is 0. The first-order valence-electron chi connectivity index (χ1n) is 9.36. The van der Waals surface area contributed by atoms with Crippen molar-refractivity contribution in [3.8, 4) is 40.2 Å². The van der Waals surface area contributed by atoms with Crippen LogP contribution in [0.3, 0.4) is 0 Å². The van der Waals surface area contributed by atoms with Gasteiger partial charge in [-0.3, -0.25) is 0 Å². The third kappa shape index (κ3) is 4.41. The number of ether oxygens (including phenoxy) is 1. The average Bonchev–Trinajstić information content (AvgIpc) is 3.25. The second kappa shape index (κ2) is 8.66. The molecule has 0 spiro atoms. The quantitative estimate of drug-likeness (QED) is 0.497. The van der Waals surface area contributed by atoms with Gasteiger partial charge in [0, 0.05) is 29.9 Å². The molecule has 0 saturated carbocycles. The highest BCUT2D eigenvalue weighted by Gasteiger charge is 2.17. The summed E-state index contributed by atoms with van der Waals surface area (Å²) in [5.41, 5.74) is 8.56. The van der Waals surface area contributed by atoms with E-state index in [1.807, 2.05) is 61.5 Å². The molecule has 0 aliphatic carbocycles. The summed E-state index contributed by atoms with van der Waals surface area (Å²) in [5, 5.41) is 8.19. The lowest BCUT2D eigenvalue weighted by atomic mass is 10.2. The molecule has 0 aliphatic rings. The summed E-state index contributed by atoms with van der Waals surface area (Å²) in [6.45, 7) is 1.32. The van der Waals surface area contributed by atoms with Gasteiger partial charge in [0.2, 0.25) is 11.8 Å². The Balaban J connectivity index is 1.61. The summed E-state index contributed by atoms with van der Waals surface area (Å²) in [7, 11) is 3.97. The standard InChI is InChI=1S/C21H21N7O2/c1-28(2)10-11-29-17-12-15(8-9-23-17)16-13-24-19(22)18(25-16)21-27-26-20(30-21)14-6-4-3-5-7-14/h3-9,12-13H,10-11H2,1-2H3,(H2,22,24). The molecular formula is C21H21N7O2. The van der Waals surface area contributed by atoms with E-state index < -0.39 is 0 Å². The van der Waals surface area contributed by atoms with Gasteiger partial charge in [-0.25, -0.2) is 15.0 Å². The Morgan fingerprint density at radius 3 is 2.60 bits per heavy atom. The molecule has 3 heterocycles. The van der Waals surface area contributed by atoms with Crippen LogP contribution in [0.5, 0.6) is 5.88 Å². The molecule has 9 heteroatoms. The first kappa shape index (κ1) is 19.5. The average molecular weight is 403 g/mol. The van der Waals surface area contributed by atoms with Crippen LogP contribution < -0.4 is 10.5 Å². The lowest BCUT2D eigenvalue weighted by molar-refractivity contribution is 0.254. The van der Waals surface area contributed by atoms with Crippen LogP contribution in [0.2, 0.25) is 0 Å². The Morgan fingerprint density at radius 2 is 1.80 bits per heavy atom. The molecule has 3 aromatic heterocycles. The predicted molar refractivity (Wildman–Crippen MR) is 112 cm³/mol. The Hall–Kier alpha value is -3.85. The van der Waals surface area contributed by atoms with Crippen LogP contribution in [-0.4, -0.2) is 57.3 Å². The molecule has 4 rings (SSSR count). The largest absolute Gasteiger partial charge is 0.476 e. The highest BCUT2D eigenvalue weighted by molar-refractivity contribution is 5.69. The molecule has 152 valence electrons. The van der Waals surface area contributed by atoms with Gasteiger partial charge in [0.1, 0.15) is 6.61 Å². The van der Waals surface area contributed by atoms with Crippen molar-refractivity contribution in [3.63, 3.8) is 0 Å². The van der Waals surface area contributed by atoms with E-state index >= 15 is 0 Å². The maximum atomic E-state index is 6.03. The van der Waals surface area contributed by atoms with E-state index in [2.05, 4.69) is 25.1 Å². The molecular weight excluding hydrogens is 382 g/mol. The van der Waals surface area contributed by atoms with Gasteiger partial charge in [0.25, 0.3) is 5.89 Å². The van der Waals surface area contributed by atoms with Crippen LogP contribution in [0.25, 0.3) is 34.3 Å². The van der Waals surface area contributed by atoms with Gasteiger partial charge in [-0.2, -0.15) is 0 Å². The fourth-order valence-electron chi connectivity index (χ4n) is 2.69. The summed E-state index contributed by atoms with van der Waals surface area (Å²) in [5.74, 6) is 1.31. The maximum absolute atomic E-state index is 6.03. The number of rotatable bonds is 7. The fraction of sp³-hybridized carbons (Fsp3) is 0.190. The Morgan fingerprint density at radius 1 is 1.00 bits per heavy atom. The molecule has 30 heavy (non-hydrogen) atoms. The van der Waals surface area contributed by atoms with Gasteiger partial charge < -0.3 is 19.8 Å². The van der Waals surface area contributed by atoms with Crippen LogP contribution in [0, 0.1) is 0 Å². The Kier molecular flexibility index (Phi) is 5.62. The van der Waals surface area contributed by atoms with Crippen molar-refractivity contribution < 1.29 is 9.15 Å². The van der Waals surface area contributed by atoms with E-state index in [1.165, 1.54) is 0 Å². The number of pyridine rings is 1. The van der Waals surface area contributed by atoms with Crippen molar-refractivity contribution >= 4 is 5.82 Å². The van der Waals surface area contributed by atoms with Crippen molar-refractivity contribution in [3.05, 3.63) is 54.9 Å². The second-order valence-electron chi connectivity index (χ2n) is 6.80. The molecule has 0 aliphatic heterocycles. The van der Waals surface area contributed by atoms with E-state index in [-0.39, 0.29) is 11.7 Å². The summed E-state index contributed by atoms with van der Waals surface area (Å²) < 4.78 is 11.5. The number of likely N-dealkylation sites (N-methyl/N-ethyl adjacent to an activating group) is 1. The zero-order chi connectivity index (χ0) is 20.9. The normalized spacial score (nSPS) is 11.0. The first-order chi connectivity index (χ1) is 14.6. The van der Waals surface area contributed by atoms with E-state index in [0.717, 1.165) is 17.7 Å². The van der Waals surface area contributed by atoms with Crippen LogP contribution in [0.15, 0.2) is 59.3 Å². The smallest absolute Gasteiger partial charge is 0.270 e. The molecule has 2 N–H and O–H groups in total. The number of hydrogen-bond donors (Lipinski definition) is 1. The number of aromatic nitrogens is 5. The highest BCUT2D eigenvalue weighted by atomic mass is 16.5. The van der Waals surface area contributed by atoms with Crippen LogP contribution >= 0.6 is 0 Å². The molecule has 0 unspecified atom stereocenters. The van der Waals surface area contributed by atoms with Crippen LogP contribution in [0.1, 0.15) is 0 Å². The summed E-state index contributed by atoms with van der Waals surface area (Å²) in [6, 6.07) is 13.1. The fourth-order valence-corrected chi connectivity index (χ4v) is 2.69. The molecule has 0 radical (unpaired) electrons. The Labute approximate surface area is 173 Å². The molecule has 1 aromatic carbocycles. The van der Waals surface area contributed by atoms with Crippen molar-refractivity contribution in [2.45, 2.75) is 0 Å². The third-order valence-electron chi connectivity index (χ3n) is 4.27. The van der Waals surface area contributed by atoms with Gasteiger partial charge in [-0.05, 0) is 32.3 Å². The second-order valence-corrected chi connectivity index (χ2v) is 6.80. The van der Waals surface area contributed by atoms with Crippen LogP contribution in [-0.2, 0) is 0 Å². The summed E-state index contributed by atoms with van der Waals surface area (Å²) in [6.07, 6.45) is 3.25. The SMILES string of the molecule is CN(C)CCOc1cc(-c2cnc(N)c(-c3nnc(-c4ccccc4)o3)n2)ccn1. The minimum absolute atomic E-state index is 0.206. The van der Waals surface area contributed by atoms with Crippen molar-refractivity contribution in [2.24, 2.45) is 0 Å². The number of nitrogens with two attached hydrogens (primary N) is 1. The molecule has 4 aromatic rings. The number of anilines is 1. The molecule has 0 bridgehead atoms. The lowest BCUT2D eigenvalue weighted by Crippen LogP contribution is -2.19. The molecule has 0 fully saturated rings. The van der Waals surface area contributed by atoms with Gasteiger partial charge in [-0.1, -0.05) is 18.2 Å². The lowest BCUT2D eigenvalue weighted by Gasteiger charge is -2.11. The first-order valence-corrected chi connectivity index (χ1v) is 9.36. The zero-order valence-electron chi connectivity index (χ0n) is 16.7. The van der Waals surface area contributed by atoms with E-state index in [1.54, 1.807) is 12.4 Å². The van der Waals surface area contributed by atoms with E-state index in [0.29, 0.717) is 29.8 Å². The predicted octanol–water partition coefficient (Wildman–Crippen LogP) is 2.78. The highest BCUT2D eigenvalue weighted by Crippen LogP contribution is 2.28. The maximum Gasteiger partial charge on any atom is 0.270 e. The molecule has 0 atom stereocenters. The van der Waals surface area contributed by atoms with Crippen molar-refractivity contribution in [2.75, 3.05) is 33.0 Å². The minimum Gasteiger partial charge on any atom is -0.476 e. The van der Waals surface area contributed by atoms with Crippen molar-refractivity contribution in [1.29, 1.82) is 0 Å². The van der Waals surface area contributed by atoms with Gasteiger partial charge in [0.15, 0.2) is 11.5 Å². The van der Waals surface area contributed by atoms with E-state index in [4.69, 9.17) is 14.9 Å². The topological polar surface area (TPSA) is 116 Å². The van der Waals surface area contributed by atoms with Gasteiger partial charge in [-0.15, -0.1) is 10.2 Å². The summed E-state index contributed by atoms with van der Waals surface area (Å²) in [4.78, 5) is 15.1. The van der Waals surface area contributed by atoms with Crippen LogP contribution in [0.4, 0.5) is 5.82 Å². The number of hydrogen-bond acceptors (Lipinski definition) is 9. The number of benzene rings is 1. The molecule has 0 amide bonds. The van der Waals surface area contributed by atoms with Gasteiger partial charge in [0.05, 0.1) is 11.9 Å². The number of nitrogen functional groups attached to an aromatic ring is 1. The van der Waals surface area contributed by atoms with Crippen molar-refractivity contribution in [1.82, 2.24) is 30.0 Å².